The molecule has 10 nitrogen and oxygen atoms in total. The molecule has 5 aromatic rings. The number of nitrogens with one attached hydrogen (secondary N) is 2. The summed E-state index contributed by atoms with van der Waals surface area (Å²) in [6, 6.07) is 23.3. The number of carbonyl (C=O) groups is 1. The minimum atomic E-state index is -0.498. The zero-order valence-electron chi connectivity index (χ0n) is 21.3. The lowest BCUT2D eigenvalue weighted by Gasteiger charge is -2.10. The van der Waals surface area contributed by atoms with Crippen molar-refractivity contribution in [3.8, 4) is 28.2 Å². The third-order valence-electron chi connectivity index (χ3n) is 6.47. The highest BCUT2D eigenvalue weighted by atomic mass is 16.2. The van der Waals surface area contributed by atoms with Gasteiger partial charge in [0.2, 0.25) is 0 Å². The van der Waals surface area contributed by atoms with Crippen molar-refractivity contribution in [3.63, 3.8) is 0 Å². The van der Waals surface area contributed by atoms with E-state index in [1.54, 1.807) is 67.3 Å². The SMILES string of the molecule is Cc1c(C(=O)Nc2ccc(-c3nc(-c4cccc(C(=N)N)c4)cnc3N)cc2)c(=O)n(-c2ccccc2)n1C. The highest BCUT2D eigenvalue weighted by molar-refractivity contribution is 6.05. The van der Waals surface area contributed by atoms with Crippen LogP contribution in [0.25, 0.3) is 28.2 Å². The maximum atomic E-state index is 13.2. The van der Waals surface area contributed by atoms with Crippen LogP contribution in [-0.4, -0.2) is 31.1 Å². The number of amides is 1. The second-order valence-corrected chi connectivity index (χ2v) is 8.95. The van der Waals surface area contributed by atoms with E-state index < -0.39 is 11.5 Å². The Balaban J connectivity index is 1.41. The average Bonchev–Trinajstić information content (AvgIpc) is 3.17. The average molecular weight is 519 g/mol. The van der Waals surface area contributed by atoms with Gasteiger partial charge in [-0.3, -0.25) is 19.7 Å². The van der Waals surface area contributed by atoms with Crippen molar-refractivity contribution in [2.45, 2.75) is 6.92 Å². The van der Waals surface area contributed by atoms with Crippen LogP contribution < -0.4 is 22.3 Å². The number of aromatic nitrogens is 4. The lowest BCUT2D eigenvalue weighted by molar-refractivity contribution is 0.102. The molecule has 0 radical (unpaired) electrons. The Morgan fingerprint density at radius 3 is 2.38 bits per heavy atom. The summed E-state index contributed by atoms with van der Waals surface area (Å²) in [6.45, 7) is 1.74. The van der Waals surface area contributed by atoms with Crippen LogP contribution in [0.4, 0.5) is 11.5 Å². The van der Waals surface area contributed by atoms with Gasteiger partial charge in [0, 0.05) is 29.4 Å². The number of anilines is 2. The quantitative estimate of drug-likeness (QED) is 0.198. The molecule has 0 spiro atoms. The van der Waals surface area contributed by atoms with Crippen molar-refractivity contribution >= 4 is 23.2 Å². The minimum absolute atomic E-state index is 0.0391. The summed E-state index contributed by atoms with van der Waals surface area (Å²) in [5.74, 6) is -0.287. The molecule has 3 aromatic carbocycles. The van der Waals surface area contributed by atoms with Gasteiger partial charge in [-0.25, -0.2) is 14.6 Å². The Kier molecular flexibility index (Phi) is 6.51. The number of nitrogens with two attached hydrogens (primary N) is 2. The van der Waals surface area contributed by atoms with Gasteiger partial charge in [0.1, 0.15) is 22.9 Å². The first kappa shape index (κ1) is 25.2. The Hall–Kier alpha value is -5.51. The van der Waals surface area contributed by atoms with E-state index in [2.05, 4.69) is 15.3 Å². The number of benzene rings is 3. The monoisotopic (exact) mass is 518 g/mol. The predicted molar refractivity (Wildman–Crippen MR) is 152 cm³/mol. The standard InChI is InChI=1S/C29H26N8O2/c1-17-24(29(39)37(36(17)2)22-9-4-3-5-10-22)28(38)34-21-13-11-18(12-14-21)25-27(32)33-16-23(35-25)19-7-6-8-20(15-19)26(30)31/h3-16H,1-2H3,(H3,30,31)(H2,32,33)(H,34,38). The molecule has 39 heavy (non-hydrogen) atoms. The fourth-order valence-corrected chi connectivity index (χ4v) is 4.33. The molecule has 6 N–H and O–H groups in total. The first-order valence-electron chi connectivity index (χ1n) is 12.1. The van der Waals surface area contributed by atoms with Crippen molar-refractivity contribution in [2.75, 3.05) is 11.1 Å². The number of nitrogens with zero attached hydrogens (tertiary/aromatic N) is 4. The van der Waals surface area contributed by atoms with Crippen molar-refractivity contribution in [2.24, 2.45) is 12.8 Å². The number of carbonyl (C=O) groups excluding carboxylic acids is 1. The van der Waals surface area contributed by atoms with Crippen molar-refractivity contribution < 1.29 is 4.79 Å². The van der Waals surface area contributed by atoms with Crippen molar-refractivity contribution in [1.29, 1.82) is 5.41 Å². The summed E-state index contributed by atoms with van der Waals surface area (Å²) in [6.07, 6.45) is 1.57. The molecule has 0 fully saturated rings. The molecule has 10 heteroatoms. The van der Waals surface area contributed by atoms with Crippen LogP contribution >= 0.6 is 0 Å². The molecule has 5 rings (SSSR count). The summed E-state index contributed by atoms with van der Waals surface area (Å²) < 4.78 is 3.13. The van der Waals surface area contributed by atoms with E-state index in [-0.39, 0.29) is 17.2 Å². The number of nitrogen functional groups attached to an aromatic ring is 2. The Morgan fingerprint density at radius 2 is 1.69 bits per heavy atom. The number of hydrogen-bond donors (Lipinski definition) is 4. The first-order chi connectivity index (χ1) is 18.7. The predicted octanol–water partition coefficient (Wildman–Crippen LogP) is 3.73. The molecule has 0 aliphatic carbocycles. The molecule has 194 valence electrons. The van der Waals surface area contributed by atoms with Crippen LogP contribution in [0.3, 0.4) is 0 Å². The zero-order valence-corrected chi connectivity index (χ0v) is 21.3. The molecule has 0 aliphatic heterocycles. The van der Waals surface area contributed by atoms with Gasteiger partial charge >= 0.3 is 0 Å². The van der Waals surface area contributed by atoms with Crippen molar-refractivity contribution in [3.05, 3.63) is 112 Å². The molecular weight excluding hydrogens is 492 g/mol. The Labute approximate surface area is 224 Å². The number of amidine groups is 1. The van der Waals surface area contributed by atoms with E-state index in [9.17, 15) is 9.59 Å². The smallest absolute Gasteiger partial charge is 0.284 e. The second kappa shape index (κ2) is 10.1. The Bertz CT molecular complexity index is 1770. The number of rotatable bonds is 6. The summed E-state index contributed by atoms with van der Waals surface area (Å²) in [5, 5.41) is 10.5. The summed E-state index contributed by atoms with van der Waals surface area (Å²) >= 11 is 0. The molecule has 2 aromatic heterocycles. The molecule has 0 bridgehead atoms. The zero-order chi connectivity index (χ0) is 27.7. The topological polar surface area (TPSA) is 158 Å². The van der Waals surface area contributed by atoms with Gasteiger partial charge in [-0.05, 0) is 37.3 Å². The van der Waals surface area contributed by atoms with E-state index >= 15 is 0 Å². The highest BCUT2D eigenvalue weighted by Gasteiger charge is 2.22. The molecule has 0 unspecified atom stereocenters. The van der Waals surface area contributed by atoms with E-state index in [1.807, 2.05) is 36.4 Å². The summed E-state index contributed by atoms with van der Waals surface area (Å²) in [4.78, 5) is 35.3. The van der Waals surface area contributed by atoms with Gasteiger partial charge in [-0.15, -0.1) is 0 Å². The lowest BCUT2D eigenvalue weighted by atomic mass is 10.1. The van der Waals surface area contributed by atoms with Gasteiger partial charge in [0.25, 0.3) is 11.5 Å². The Morgan fingerprint density at radius 1 is 0.974 bits per heavy atom. The maximum absolute atomic E-state index is 13.2. The summed E-state index contributed by atoms with van der Waals surface area (Å²) in [5.41, 5.74) is 16.2. The van der Waals surface area contributed by atoms with E-state index in [4.69, 9.17) is 16.9 Å². The number of hydrogen-bond acceptors (Lipinski definition) is 6. The van der Waals surface area contributed by atoms with Gasteiger partial charge < -0.3 is 16.8 Å². The minimum Gasteiger partial charge on any atom is -0.384 e. The molecular formula is C29H26N8O2. The maximum Gasteiger partial charge on any atom is 0.284 e. The van der Waals surface area contributed by atoms with Crippen molar-refractivity contribution in [1.82, 2.24) is 19.3 Å². The second-order valence-electron chi connectivity index (χ2n) is 8.95. The fraction of sp³-hybridized carbons (Fsp3) is 0.0690. The molecule has 0 atom stereocenters. The summed E-state index contributed by atoms with van der Waals surface area (Å²) in [7, 11) is 1.74. The first-order valence-corrected chi connectivity index (χ1v) is 12.1. The molecule has 0 saturated carbocycles. The van der Waals surface area contributed by atoms with Gasteiger partial charge in [-0.1, -0.05) is 48.5 Å². The van der Waals surface area contributed by atoms with Gasteiger partial charge in [0.15, 0.2) is 0 Å². The molecule has 2 heterocycles. The van der Waals surface area contributed by atoms with E-state index in [1.165, 1.54) is 4.68 Å². The third kappa shape index (κ3) is 4.78. The molecule has 0 saturated heterocycles. The lowest BCUT2D eigenvalue weighted by Crippen LogP contribution is -2.25. The largest absolute Gasteiger partial charge is 0.384 e. The van der Waals surface area contributed by atoms with Gasteiger partial charge in [-0.2, -0.15) is 0 Å². The number of para-hydroxylation sites is 1. The highest BCUT2D eigenvalue weighted by Crippen LogP contribution is 2.27. The molecule has 1 amide bonds. The van der Waals surface area contributed by atoms with Crippen LogP contribution in [0.2, 0.25) is 0 Å². The van der Waals surface area contributed by atoms with Crippen LogP contribution in [0.1, 0.15) is 21.6 Å². The fourth-order valence-electron chi connectivity index (χ4n) is 4.33. The van der Waals surface area contributed by atoms with E-state index in [0.717, 1.165) is 5.56 Å². The normalized spacial score (nSPS) is 10.8. The third-order valence-corrected chi connectivity index (χ3v) is 6.47. The van der Waals surface area contributed by atoms with Crippen LogP contribution in [0.15, 0.2) is 89.9 Å². The van der Waals surface area contributed by atoms with Crippen LogP contribution in [-0.2, 0) is 7.05 Å². The van der Waals surface area contributed by atoms with Gasteiger partial charge in [0.05, 0.1) is 23.3 Å². The molecule has 0 aliphatic rings. The van der Waals surface area contributed by atoms with Crippen LogP contribution in [0, 0.1) is 12.3 Å². The van der Waals surface area contributed by atoms with Crippen LogP contribution in [0.5, 0.6) is 0 Å². The van der Waals surface area contributed by atoms with E-state index in [0.29, 0.717) is 39.6 Å².